The number of benzene rings is 2. The lowest BCUT2D eigenvalue weighted by atomic mass is 9.89. The highest BCUT2D eigenvalue weighted by molar-refractivity contribution is 7.85. The van der Waals surface area contributed by atoms with Crippen molar-refractivity contribution < 1.29 is 31.7 Å². The fourth-order valence-corrected chi connectivity index (χ4v) is 3.87. The smallest absolute Gasteiger partial charge is 0.261 e. The third-order valence-corrected chi connectivity index (χ3v) is 5.77. The zero-order valence-electron chi connectivity index (χ0n) is 19.8. The van der Waals surface area contributed by atoms with Gasteiger partial charge in [0.1, 0.15) is 17.6 Å². The van der Waals surface area contributed by atoms with Crippen LogP contribution < -0.4 is 10.1 Å². The highest BCUT2D eigenvalue weighted by Gasteiger charge is 2.26. The quantitative estimate of drug-likeness (QED) is 0.404. The van der Waals surface area contributed by atoms with Gasteiger partial charge in [0.15, 0.2) is 5.78 Å². The van der Waals surface area contributed by atoms with Crippen LogP contribution in [0.15, 0.2) is 36.4 Å². The maximum Gasteiger partial charge on any atom is 0.261 e. The lowest BCUT2D eigenvalue weighted by Gasteiger charge is -2.31. The molecule has 0 atom stereocenters. The molecule has 2 aromatic carbocycles. The normalized spacial score (nSPS) is 14.2. The summed E-state index contributed by atoms with van der Waals surface area (Å²) in [7, 11) is -2.23. The fourth-order valence-electron chi connectivity index (χ4n) is 3.68. The highest BCUT2D eigenvalue weighted by atomic mass is 35.5. The van der Waals surface area contributed by atoms with Crippen LogP contribution in [0.3, 0.4) is 0 Å². The van der Waals surface area contributed by atoms with E-state index in [0.717, 1.165) is 25.9 Å². The number of likely N-dealkylation sites (tertiary alicyclic amines) is 1. The Hall–Kier alpha value is -3.04. The Morgan fingerprint density at radius 1 is 1.25 bits per heavy atom. The molecular formula is C24H27ClFN3O6S. The number of hydrogen-bond acceptors (Lipinski definition) is 7. The van der Waals surface area contributed by atoms with Gasteiger partial charge < -0.3 is 15.0 Å². The summed E-state index contributed by atoms with van der Waals surface area (Å²) in [5.41, 5.74) is 1.01. The zero-order chi connectivity index (χ0) is 26.9. The van der Waals surface area contributed by atoms with Crippen molar-refractivity contribution in [2.45, 2.75) is 12.8 Å². The number of Topliss-reactive ketones (excluding diaryl/α,β-unsaturated/α-hetero) is 1. The number of piperidine rings is 1. The first-order valence-corrected chi connectivity index (χ1v) is 13.2. The van der Waals surface area contributed by atoms with E-state index in [9.17, 15) is 22.4 Å². The summed E-state index contributed by atoms with van der Waals surface area (Å²) in [6, 6.07) is 10.5. The van der Waals surface area contributed by atoms with Crippen molar-refractivity contribution in [3.8, 4) is 11.8 Å². The van der Waals surface area contributed by atoms with Gasteiger partial charge in [-0.1, -0.05) is 11.6 Å². The van der Waals surface area contributed by atoms with Crippen LogP contribution >= 0.6 is 11.6 Å². The molecule has 1 aliphatic heterocycles. The first-order valence-electron chi connectivity index (χ1n) is 10.9. The molecule has 0 bridgehead atoms. The number of methoxy groups -OCH3 is 1. The summed E-state index contributed by atoms with van der Waals surface area (Å²) in [5.74, 6) is -0.406. The van der Waals surface area contributed by atoms with E-state index in [4.69, 9.17) is 26.2 Å². The average molecular weight is 540 g/mol. The molecule has 9 nitrogen and oxygen atoms in total. The number of nitriles is 1. The van der Waals surface area contributed by atoms with Crippen LogP contribution in [0.4, 0.5) is 4.39 Å². The lowest BCUT2D eigenvalue weighted by molar-refractivity contribution is 0.0838. The zero-order valence-corrected chi connectivity index (χ0v) is 21.4. The van der Waals surface area contributed by atoms with Gasteiger partial charge in [-0.25, -0.2) is 4.39 Å². The van der Waals surface area contributed by atoms with E-state index in [0.29, 0.717) is 30.7 Å². The molecule has 1 amide bonds. The van der Waals surface area contributed by atoms with E-state index in [-0.39, 0.29) is 39.6 Å². The van der Waals surface area contributed by atoms with Crippen molar-refractivity contribution in [2.75, 3.05) is 39.5 Å². The molecule has 0 aliphatic carbocycles. The Kier molecular flexibility index (Phi) is 10.8. The van der Waals surface area contributed by atoms with Crippen molar-refractivity contribution >= 4 is 33.4 Å². The number of ketones is 1. The first-order chi connectivity index (χ1) is 16.9. The van der Waals surface area contributed by atoms with Crippen LogP contribution in [0.2, 0.25) is 5.02 Å². The minimum absolute atomic E-state index is 0.0519. The van der Waals surface area contributed by atoms with E-state index in [2.05, 4.69) is 10.2 Å². The Balaban J connectivity index is 0.000000830. The van der Waals surface area contributed by atoms with Gasteiger partial charge in [0.05, 0.1) is 29.5 Å². The SMILES string of the molecule is COc1cc(Cl)c(C#N)cc1C(=O)NCCN1CCC(C(=O)c2ccc(F)cc2)CC1.CS(=O)(=O)O. The Morgan fingerprint density at radius 3 is 2.36 bits per heavy atom. The second-order valence-corrected chi connectivity index (χ2v) is 9.99. The van der Waals surface area contributed by atoms with Gasteiger partial charge in [-0.2, -0.15) is 13.7 Å². The molecule has 0 radical (unpaired) electrons. The molecule has 1 aliphatic rings. The number of ether oxygens (including phenoxy) is 1. The van der Waals surface area contributed by atoms with Crippen LogP contribution in [0.1, 0.15) is 39.1 Å². The first kappa shape index (κ1) is 29.2. The summed E-state index contributed by atoms with van der Waals surface area (Å²) in [5, 5.41) is 12.2. The van der Waals surface area contributed by atoms with Gasteiger partial charge in [-0.15, -0.1) is 0 Å². The standard InChI is InChI=1S/C23H23ClFN3O3.CH4O3S/c1-31-21-13-20(24)17(14-26)12-19(21)23(30)27-8-11-28-9-6-16(7-10-28)22(29)15-2-4-18(25)5-3-15;1-5(2,3)4/h2-5,12-13,16H,6-11H2,1H3,(H,27,30);1H3,(H,2,3,4). The van der Waals surface area contributed by atoms with Gasteiger partial charge in [-0.3, -0.25) is 14.1 Å². The lowest BCUT2D eigenvalue weighted by Crippen LogP contribution is -2.41. The third-order valence-electron chi connectivity index (χ3n) is 5.45. The van der Waals surface area contributed by atoms with E-state index in [1.807, 2.05) is 6.07 Å². The van der Waals surface area contributed by atoms with Crippen molar-refractivity contribution in [2.24, 2.45) is 5.92 Å². The number of hydrogen-bond donors (Lipinski definition) is 2. The molecule has 3 rings (SSSR count). The van der Waals surface area contributed by atoms with Crippen LogP contribution in [-0.4, -0.2) is 69.1 Å². The molecule has 0 saturated carbocycles. The van der Waals surface area contributed by atoms with Crippen LogP contribution in [-0.2, 0) is 10.1 Å². The van der Waals surface area contributed by atoms with E-state index in [1.54, 1.807) is 0 Å². The van der Waals surface area contributed by atoms with Gasteiger partial charge in [-0.05, 0) is 56.3 Å². The summed E-state index contributed by atoms with van der Waals surface area (Å²) < 4.78 is 44.1. The fraction of sp³-hybridized carbons (Fsp3) is 0.375. The van der Waals surface area contributed by atoms with Gasteiger partial charge >= 0.3 is 0 Å². The Morgan fingerprint density at radius 2 is 1.83 bits per heavy atom. The molecule has 1 fully saturated rings. The minimum Gasteiger partial charge on any atom is -0.496 e. The molecule has 12 heteroatoms. The Labute approximate surface area is 214 Å². The van der Waals surface area contributed by atoms with Crippen LogP contribution in [0.25, 0.3) is 0 Å². The molecule has 0 aromatic heterocycles. The number of rotatable bonds is 7. The summed E-state index contributed by atoms with van der Waals surface area (Å²) >= 11 is 5.99. The van der Waals surface area contributed by atoms with Crippen molar-refractivity contribution in [3.63, 3.8) is 0 Å². The molecule has 2 N–H and O–H groups in total. The molecule has 0 unspecified atom stereocenters. The largest absolute Gasteiger partial charge is 0.496 e. The number of amides is 1. The number of carbonyl (C=O) groups is 2. The maximum atomic E-state index is 13.1. The van der Waals surface area contributed by atoms with Crippen molar-refractivity contribution in [1.82, 2.24) is 10.2 Å². The summed E-state index contributed by atoms with van der Waals surface area (Å²) in [4.78, 5) is 27.3. The second kappa shape index (κ2) is 13.3. The average Bonchev–Trinajstić information content (AvgIpc) is 2.83. The van der Waals surface area contributed by atoms with Gasteiger partial charge in [0, 0.05) is 30.6 Å². The third kappa shape index (κ3) is 9.20. The van der Waals surface area contributed by atoms with Crippen molar-refractivity contribution in [3.05, 3.63) is 63.9 Å². The van der Waals surface area contributed by atoms with Gasteiger partial charge in [0.2, 0.25) is 0 Å². The number of nitrogens with one attached hydrogen (secondary N) is 1. The monoisotopic (exact) mass is 539 g/mol. The van der Waals surface area contributed by atoms with E-state index >= 15 is 0 Å². The molecule has 1 heterocycles. The number of nitrogens with zero attached hydrogens (tertiary/aromatic N) is 2. The van der Waals surface area contributed by atoms with E-state index < -0.39 is 10.1 Å². The molecule has 2 aromatic rings. The minimum atomic E-state index is -3.67. The topological polar surface area (TPSA) is 137 Å². The number of halogens is 2. The molecule has 194 valence electrons. The van der Waals surface area contributed by atoms with Crippen LogP contribution in [0, 0.1) is 23.1 Å². The van der Waals surface area contributed by atoms with Gasteiger partial charge in [0.25, 0.3) is 16.0 Å². The second-order valence-electron chi connectivity index (χ2n) is 8.12. The van der Waals surface area contributed by atoms with E-state index in [1.165, 1.54) is 43.5 Å². The Bertz CT molecular complexity index is 1220. The maximum absolute atomic E-state index is 13.1. The highest BCUT2D eigenvalue weighted by Crippen LogP contribution is 2.27. The predicted molar refractivity (Wildman–Crippen MR) is 132 cm³/mol. The number of carbonyl (C=O) groups excluding carboxylic acids is 2. The molecule has 1 saturated heterocycles. The summed E-state index contributed by atoms with van der Waals surface area (Å²) in [6.07, 6.45) is 2.16. The summed E-state index contributed by atoms with van der Waals surface area (Å²) in [6.45, 7) is 2.56. The van der Waals surface area contributed by atoms with Crippen LogP contribution in [0.5, 0.6) is 5.75 Å². The molecule has 0 spiro atoms. The van der Waals surface area contributed by atoms with Crippen molar-refractivity contribution in [1.29, 1.82) is 5.26 Å². The predicted octanol–water partition coefficient (Wildman–Crippen LogP) is 3.19. The molecular weight excluding hydrogens is 513 g/mol. The molecule has 36 heavy (non-hydrogen) atoms.